The van der Waals surface area contributed by atoms with Crippen molar-refractivity contribution in [1.82, 2.24) is 15.1 Å². The Morgan fingerprint density at radius 2 is 1.92 bits per heavy atom. The SMILES string of the molecule is CN(CCCN1CCCC1)[C@@H]1c2ccccc2C2(CCNCC2)[C@H]1O. The Hall–Kier alpha value is -0.940. The average Bonchev–Trinajstić information content (AvgIpc) is 3.23. The van der Waals surface area contributed by atoms with Gasteiger partial charge in [-0.1, -0.05) is 24.3 Å². The minimum Gasteiger partial charge on any atom is -0.390 e. The molecule has 2 aliphatic heterocycles. The van der Waals surface area contributed by atoms with Crippen LogP contribution >= 0.6 is 0 Å². The summed E-state index contributed by atoms with van der Waals surface area (Å²) in [6.45, 7) is 6.82. The summed E-state index contributed by atoms with van der Waals surface area (Å²) in [7, 11) is 2.20. The second-order valence-corrected chi connectivity index (χ2v) is 8.27. The third kappa shape index (κ3) is 3.14. The molecule has 1 spiro atoms. The smallest absolute Gasteiger partial charge is 0.0834 e. The molecule has 2 fully saturated rings. The van der Waals surface area contributed by atoms with Gasteiger partial charge in [0.1, 0.15) is 0 Å². The van der Waals surface area contributed by atoms with Gasteiger partial charge >= 0.3 is 0 Å². The normalized spacial score (nSPS) is 28.8. The highest BCUT2D eigenvalue weighted by atomic mass is 16.3. The molecule has 4 heteroatoms. The predicted molar refractivity (Wildman–Crippen MR) is 102 cm³/mol. The first kappa shape index (κ1) is 17.5. The maximum Gasteiger partial charge on any atom is 0.0834 e. The molecule has 4 nitrogen and oxygen atoms in total. The van der Waals surface area contributed by atoms with Crippen molar-refractivity contribution in [3.63, 3.8) is 0 Å². The van der Waals surface area contributed by atoms with Crippen molar-refractivity contribution in [1.29, 1.82) is 0 Å². The Kier molecular flexibility index (Phi) is 5.14. The number of aliphatic hydroxyl groups excluding tert-OH is 1. The fourth-order valence-corrected chi connectivity index (χ4v) is 5.45. The van der Waals surface area contributed by atoms with Crippen LogP contribution in [0.4, 0.5) is 0 Å². The molecular formula is C21H33N3O. The zero-order valence-electron chi connectivity index (χ0n) is 15.6. The molecule has 2 N–H and O–H groups in total. The zero-order valence-corrected chi connectivity index (χ0v) is 15.6. The Labute approximate surface area is 152 Å². The summed E-state index contributed by atoms with van der Waals surface area (Å²) in [6, 6.07) is 8.94. The topological polar surface area (TPSA) is 38.7 Å². The molecule has 1 aromatic carbocycles. The van der Waals surface area contributed by atoms with E-state index in [2.05, 4.69) is 46.4 Å². The van der Waals surface area contributed by atoms with Crippen molar-refractivity contribution in [2.75, 3.05) is 46.3 Å². The molecule has 2 heterocycles. The lowest BCUT2D eigenvalue weighted by atomic mass is 9.72. The lowest BCUT2D eigenvalue weighted by Gasteiger charge is -2.40. The minimum atomic E-state index is -0.288. The number of likely N-dealkylation sites (tertiary alicyclic amines) is 1. The summed E-state index contributed by atoms with van der Waals surface area (Å²) >= 11 is 0. The standard InChI is InChI=1S/C21H33N3O/c1-23(13-6-16-24-14-4-5-15-24)19-17-7-2-3-8-18(17)21(20(19)25)9-11-22-12-10-21/h2-3,7-8,19-20,22,25H,4-6,9-16H2,1H3/t19-,20+/m1/s1. The molecule has 2 saturated heterocycles. The van der Waals surface area contributed by atoms with Crippen LogP contribution in [0.25, 0.3) is 0 Å². The molecule has 138 valence electrons. The van der Waals surface area contributed by atoms with Gasteiger partial charge in [0.25, 0.3) is 0 Å². The van der Waals surface area contributed by atoms with E-state index in [4.69, 9.17) is 0 Å². The molecule has 1 aromatic rings. The number of likely N-dealkylation sites (N-methyl/N-ethyl adjacent to an activating group) is 1. The number of nitrogens with one attached hydrogen (secondary N) is 1. The first-order valence-electron chi connectivity index (χ1n) is 10.1. The molecule has 25 heavy (non-hydrogen) atoms. The van der Waals surface area contributed by atoms with Crippen LogP contribution in [0, 0.1) is 0 Å². The summed E-state index contributed by atoms with van der Waals surface area (Å²) in [5.74, 6) is 0. The molecule has 2 atom stereocenters. The Balaban J connectivity index is 1.48. The third-order valence-electron chi connectivity index (χ3n) is 6.84. The van der Waals surface area contributed by atoms with Crippen molar-refractivity contribution in [3.8, 4) is 0 Å². The summed E-state index contributed by atoms with van der Waals surface area (Å²) in [5, 5.41) is 14.9. The molecule has 0 unspecified atom stereocenters. The summed E-state index contributed by atoms with van der Waals surface area (Å²) in [6.07, 6.45) is 5.72. The molecule has 1 aliphatic carbocycles. The molecule has 0 bridgehead atoms. The number of piperidine rings is 1. The fourth-order valence-electron chi connectivity index (χ4n) is 5.45. The van der Waals surface area contributed by atoms with Gasteiger partial charge in [0.2, 0.25) is 0 Å². The van der Waals surface area contributed by atoms with Gasteiger partial charge in [-0.05, 0) is 89.5 Å². The van der Waals surface area contributed by atoms with Gasteiger partial charge in [0, 0.05) is 5.41 Å². The Morgan fingerprint density at radius 1 is 1.20 bits per heavy atom. The van der Waals surface area contributed by atoms with Gasteiger partial charge in [-0.15, -0.1) is 0 Å². The van der Waals surface area contributed by atoms with Gasteiger partial charge in [0.05, 0.1) is 12.1 Å². The van der Waals surface area contributed by atoms with E-state index in [0.717, 1.165) is 32.5 Å². The quantitative estimate of drug-likeness (QED) is 0.859. The number of rotatable bonds is 5. The van der Waals surface area contributed by atoms with Crippen LogP contribution in [0.2, 0.25) is 0 Å². The number of nitrogens with zero attached hydrogens (tertiary/aromatic N) is 2. The number of hydrogen-bond acceptors (Lipinski definition) is 4. The third-order valence-corrected chi connectivity index (χ3v) is 6.84. The summed E-state index contributed by atoms with van der Waals surface area (Å²) in [5.41, 5.74) is 2.72. The first-order valence-corrected chi connectivity index (χ1v) is 10.1. The molecule has 0 amide bonds. The highest BCUT2D eigenvalue weighted by Crippen LogP contribution is 2.51. The van der Waals surface area contributed by atoms with E-state index in [1.54, 1.807) is 0 Å². The van der Waals surface area contributed by atoms with Crippen molar-refractivity contribution >= 4 is 0 Å². The monoisotopic (exact) mass is 343 g/mol. The van der Waals surface area contributed by atoms with Gasteiger partial charge in [-0.25, -0.2) is 0 Å². The van der Waals surface area contributed by atoms with E-state index in [1.807, 2.05) is 0 Å². The van der Waals surface area contributed by atoms with E-state index < -0.39 is 0 Å². The Bertz CT molecular complexity index is 578. The van der Waals surface area contributed by atoms with Gasteiger partial charge in [-0.2, -0.15) is 0 Å². The van der Waals surface area contributed by atoms with Crippen LogP contribution in [-0.2, 0) is 5.41 Å². The fraction of sp³-hybridized carbons (Fsp3) is 0.714. The van der Waals surface area contributed by atoms with Crippen LogP contribution in [0.1, 0.15) is 49.3 Å². The predicted octanol–water partition coefficient (Wildman–Crippen LogP) is 2.14. The van der Waals surface area contributed by atoms with Crippen LogP contribution in [0.3, 0.4) is 0 Å². The molecule has 4 rings (SSSR count). The number of benzene rings is 1. The molecule has 0 aromatic heterocycles. The second kappa shape index (κ2) is 7.36. The van der Waals surface area contributed by atoms with Crippen LogP contribution in [-0.4, -0.2) is 67.3 Å². The van der Waals surface area contributed by atoms with Crippen LogP contribution in [0.15, 0.2) is 24.3 Å². The summed E-state index contributed by atoms with van der Waals surface area (Å²) in [4.78, 5) is 5.00. The average molecular weight is 344 g/mol. The molecule has 0 saturated carbocycles. The van der Waals surface area contributed by atoms with Crippen LogP contribution < -0.4 is 5.32 Å². The maximum atomic E-state index is 11.4. The van der Waals surface area contributed by atoms with Crippen molar-refractivity contribution < 1.29 is 5.11 Å². The van der Waals surface area contributed by atoms with Gasteiger partial charge in [-0.3, -0.25) is 4.90 Å². The second-order valence-electron chi connectivity index (χ2n) is 8.27. The lowest BCUT2D eigenvalue weighted by molar-refractivity contribution is 0.00583. The van der Waals surface area contributed by atoms with E-state index >= 15 is 0 Å². The Morgan fingerprint density at radius 3 is 2.68 bits per heavy atom. The van der Waals surface area contributed by atoms with Crippen LogP contribution in [0.5, 0.6) is 0 Å². The first-order chi connectivity index (χ1) is 12.2. The van der Waals surface area contributed by atoms with E-state index in [0.29, 0.717) is 0 Å². The lowest BCUT2D eigenvalue weighted by Crippen LogP contribution is -2.48. The van der Waals surface area contributed by atoms with Crippen molar-refractivity contribution in [2.45, 2.75) is 49.7 Å². The molecular weight excluding hydrogens is 310 g/mol. The van der Waals surface area contributed by atoms with E-state index in [-0.39, 0.29) is 17.6 Å². The van der Waals surface area contributed by atoms with Crippen molar-refractivity contribution in [3.05, 3.63) is 35.4 Å². The largest absolute Gasteiger partial charge is 0.390 e. The number of fused-ring (bicyclic) bond motifs is 2. The minimum absolute atomic E-state index is 0.0459. The highest BCUT2D eigenvalue weighted by Gasteiger charge is 2.52. The summed E-state index contributed by atoms with van der Waals surface area (Å²) < 4.78 is 0. The molecule has 3 aliphatic rings. The zero-order chi connectivity index (χ0) is 17.3. The maximum absolute atomic E-state index is 11.4. The van der Waals surface area contributed by atoms with Gasteiger partial charge < -0.3 is 15.3 Å². The number of hydrogen-bond donors (Lipinski definition) is 2. The van der Waals surface area contributed by atoms with Gasteiger partial charge in [0.15, 0.2) is 0 Å². The number of aliphatic hydroxyl groups is 1. The van der Waals surface area contributed by atoms with E-state index in [9.17, 15) is 5.11 Å². The van der Waals surface area contributed by atoms with Crippen molar-refractivity contribution in [2.24, 2.45) is 0 Å². The van der Waals surface area contributed by atoms with E-state index in [1.165, 1.54) is 50.0 Å². The highest BCUT2D eigenvalue weighted by molar-refractivity contribution is 5.45. The molecule has 0 radical (unpaired) electrons.